The Kier molecular flexibility index (Phi) is 9.47. The number of carbonyl (C=O) groups excluding carboxylic acids is 1. The van der Waals surface area contributed by atoms with E-state index in [9.17, 15) is 13.6 Å². The number of amides is 1. The Morgan fingerprint density at radius 2 is 1.85 bits per heavy atom. The van der Waals surface area contributed by atoms with Crippen LogP contribution >= 0.6 is 0 Å². The summed E-state index contributed by atoms with van der Waals surface area (Å²) in [7, 11) is 0. The quantitative estimate of drug-likeness (QED) is 0.349. The molecule has 8 heteroatoms. The number of hydrogen-bond acceptors (Lipinski definition) is 3. The van der Waals surface area contributed by atoms with E-state index in [0.29, 0.717) is 11.5 Å². The molecule has 0 saturated carbocycles. The Bertz CT molecular complexity index is 1150. The molecule has 0 spiro atoms. The van der Waals surface area contributed by atoms with Gasteiger partial charge in [-0.1, -0.05) is 51.1 Å². The van der Waals surface area contributed by atoms with Gasteiger partial charge in [-0.05, 0) is 43.5 Å². The van der Waals surface area contributed by atoms with Crippen molar-refractivity contribution in [3.8, 4) is 11.5 Å². The third-order valence-electron chi connectivity index (χ3n) is 4.65. The Balaban J connectivity index is 0.00000187. The molecule has 33 heavy (non-hydrogen) atoms. The van der Waals surface area contributed by atoms with Crippen LogP contribution in [0.5, 0.6) is 0 Å². The molecule has 0 saturated heterocycles. The zero-order valence-corrected chi connectivity index (χ0v) is 19.5. The van der Waals surface area contributed by atoms with Gasteiger partial charge in [-0.2, -0.15) is 5.10 Å². The van der Waals surface area contributed by atoms with Crippen molar-refractivity contribution in [2.45, 2.75) is 41.0 Å². The molecule has 3 aromatic rings. The lowest BCUT2D eigenvalue weighted by Gasteiger charge is -2.06. The van der Waals surface area contributed by atoms with Gasteiger partial charge in [0.2, 0.25) is 0 Å². The summed E-state index contributed by atoms with van der Waals surface area (Å²) in [5, 5.41) is 9.15. The topological polar surface area (TPSA) is 86.5 Å². The molecule has 0 atom stereocenters. The lowest BCUT2D eigenvalue weighted by Crippen LogP contribution is -2.16. The molecule has 0 radical (unpaired) electrons. The largest absolute Gasteiger partial charge is 0.337 e. The minimum atomic E-state index is -0.944. The second-order valence-electron chi connectivity index (χ2n) is 6.80. The standard InChI is InChI=1S/C23H23F2N5O.C2H6/c1-4-7-15(5-2)11-10-14(3)18-12-26-22(28-18)21-19(13-27-30-21)29-23(31)20-16(24)8-6-9-17(20)25;1-2/h4,6-13H,5H2,1-3H3,(H,26,28)(H,27,30)(H,29,31);1-2H3/b7-4-,14-10+,15-11+;. The summed E-state index contributed by atoms with van der Waals surface area (Å²) in [4.78, 5) is 19.9. The number of aromatic amines is 2. The number of rotatable bonds is 7. The minimum Gasteiger partial charge on any atom is -0.337 e. The number of anilines is 1. The molecule has 0 aliphatic heterocycles. The maximum absolute atomic E-state index is 13.9. The third kappa shape index (κ3) is 6.35. The molecule has 0 fully saturated rings. The fraction of sp³-hybridized carbons (Fsp3) is 0.240. The molecule has 0 aliphatic carbocycles. The zero-order valence-electron chi connectivity index (χ0n) is 19.5. The number of allylic oxidation sites excluding steroid dienone is 6. The van der Waals surface area contributed by atoms with Crippen molar-refractivity contribution in [1.82, 2.24) is 20.2 Å². The zero-order chi connectivity index (χ0) is 24.4. The number of aromatic nitrogens is 4. The molecule has 1 amide bonds. The summed E-state index contributed by atoms with van der Waals surface area (Å²) in [6, 6.07) is 3.25. The fourth-order valence-corrected chi connectivity index (χ4v) is 2.94. The summed E-state index contributed by atoms with van der Waals surface area (Å²) in [5.74, 6) is -2.37. The van der Waals surface area contributed by atoms with E-state index in [4.69, 9.17) is 0 Å². The van der Waals surface area contributed by atoms with Crippen molar-refractivity contribution < 1.29 is 13.6 Å². The monoisotopic (exact) mass is 453 g/mol. The predicted molar refractivity (Wildman–Crippen MR) is 129 cm³/mol. The van der Waals surface area contributed by atoms with Gasteiger partial charge < -0.3 is 10.3 Å². The maximum atomic E-state index is 13.9. The Hall–Kier alpha value is -3.81. The van der Waals surface area contributed by atoms with E-state index in [2.05, 4.69) is 38.5 Å². The van der Waals surface area contributed by atoms with Gasteiger partial charge in [-0.15, -0.1) is 0 Å². The van der Waals surface area contributed by atoms with Crippen LogP contribution in [0, 0.1) is 11.6 Å². The van der Waals surface area contributed by atoms with Crippen LogP contribution in [0.2, 0.25) is 0 Å². The SMILES string of the molecule is CC.C\C=C/C(=C/C=C(\C)c1cnc(-c2[nH]ncc2NC(=O)c2c(F)cccc2F)[nH]1)CC. The lowest BCUT2D eigenvalue weighted by atomic mass is 10.1. The van der Waals surface area contributed by atoms with Gasteiger partial charge >= 0.3 is 0 Å². The normalized spacial score (nSPS) is 12.0. The molecular formula is C25H29F2N5O. The van der Waals surface area contributed by atoms with Crippen molar-refractivity contribution in [2.75, 3.05) is 5.32 Å². The summed E-state index contributed by atoms with van der Waals surface area (Å²) >= 11 is 0. The first-order valence-corrected chi connectivity index (χ1v) is 10.8. The van der Waals surface area contributed by atoms with E-state index in [-0.39, 0.29) is 5.69 Å². The molecule has 2 heterocycles. The van der Waals surface area contributed by atoms with Crippen molar-refractivity contribution in [3.05, 3.63) is 83.4 Å². The number of H-pyrrole nitrogens is 2. The maximum Gasteiger partial charge on any atom is 0.261 e. The van der Waals surface area contributed by atoms with Crippen LogP contribution in [0.15, 0.2) is 60.5 Å². The van der Waals surface area contributed by atoms with E-state index in [1.807, 2.05) is 45.9 Å². The first kappa shape index (κ1) is 25.5. The van der Waals surface area contributed by atoms with E-state index in [1.54, 1.807) is 6.20 Å². The average molecular weight is 454 g/mol. The Morgan fingerprint density at radius 3 is 2.48 bits per heavy atom. The molecule has 0 bridgehead atoms. The fourth-order valence-electron chi connectivity index (χ4n) is 2.94. The van der Waals surface area contributed by atoms with Gasteiger partial charge in [-0.25, -0.2) is 13.8 Å². The number of nitrogens with one attached hydrogen (secondary N) is 3. The molecule has 2 aromatic heterocycles. The number of hydrogen-bond donors (Lipinski definition) is 3. The van der Waals surface area contributed by atoms with E-state index < -0.39 is 23.1 Å². The second-order valence-corrected chi connectivity index (χ2v) is 6.80. The number of carbonyl (C=O) groups is 1. The van der Waals surface area contributed by atoms with Crippen LogP contribution in [0.1, 0.15) is 57.1 Å². The van der Waals surface area contributed by atoms with E-state index in [1.165, 1.54) is 17.8 Å². The highest BCUT2D eigenvalue weighted by Gasteiger charge is 2.20. The first-order chi connectivity index (χ1) is 15.9. The second kappa shape index (κ2) is 12.3. The van der Waals surface area contributed by atoms with Crippen LogP contribution in [-0.2, 0) is 0 Å². The number of nitrogens with zero attached hydrogens (tertiary/aromatic N) is 2. The van der Waals surface area contributed by atoms with Crippen molar-refractivity contribution in [2.24, 2.45) is 0 Å². The molecule has 6 nitrogen and oxygen atoms in total. The van der Waals surface area contributed by atoms with Crippen LogP contribution in [0.4, 0.5) is 14.5 Å². The van der Waals surface area contributed by atoms with Crippen molar-refractivity contribution in [1.29, 1.82) is 0 Å². The Morgan fingerprint density at radius 1 is 1.15 bits per heavy atom. The molecular weight excluding hydrogens is 424 g/mol. The van der Waals surface area contributed by atoms with Gasteiger partial charge in [0.05, 0.1) is 23.8 Å². The minimum absolute atomic E-state index is 0.247. The van der Waals surface area contributed by atoms with Gasteiger partial charge in [0, 0.05) is 0 Å². The smallest absolute Gasteiger partial charge is 0.261 e. The number of imidazole rings is 1. The molecule has 0 unspecified atom stereocenters. The third-order valence-corrected chi connectivity index (χ3v) is 4.65. The van der Waals surface area contributed by atoms with Gasteiger partial charge in [0.15, 0.2) is 5.82 Å². The van der Waals surface area contributed by atoms with Gasteiger partial charge in [0.25, 0.3) is 5.91 Å². The van der Waals surface area contributed by atoms with Crippen molar-refractivity contribution >= 4 is 17.2 Å². The molecule has 174 valence electrons. The molecule has 3 N–H and O–H groups in total. The molecule has 1 aromatic carbocycles. The summed E-state index contributed by atoms with van der Waals surface area (Å²) in [6.45, 7) is 10.0. The van der Waals surface area contributed by atoms with Crippen molar-refractivity contribution in [3.63, 3.8) is 0 Å². The van der Waals surface area contributed by atoms with Crippen LogP contribution < -0.4 is 5.32 Å². The predicted octanol–water partition coefficient (Wildman–Crippen LogP) is 6.67. The number of benzene rings is 1. The highest BCUT2D eigenvalue weighted by molar-refractivity contribution is 6.06. The highest BCUT2D eigenvalue weighted by Crippen LogP contribution is 2.25. The first-order valence-electron chi connectivity index (χ1n) is 10.8. The van der Waals surface area contributed by atoms with Gasteiger partial charge in [0.1, 0.15) is 22.9 Å². The summed E-state index contributed by atoms with van der Waals surface area (Å²) < 4.78 is 27.8. The average Bonchev–Trinajstić information content (AvgIpc) is 3.47. The van der Waals surface area contributed by atoms with Crippen LogP contribution in [-0.4, -0.2) is 26.1 Å². The number of halogens is 2. The summed E-state index contributed by atoms with van der Waals surface area (Å²) in [5.41, 5.74) is 2.93. The highest BCUT2D eigenvalue weighted by atomic mass is 19.1. The van der Waals surface area contributed by atoms with E-state index >= 15 is 0 Å². The Labute approximate surface area is 192 Å². The molecule has 3 rings (SSSR count). The molecule has 0 aliphatic rings. The van der Waals surface area contributed by atoms with Crippen LogP contribution in [0.3, 0.4) is 0 Å². The van der Waals surface area contributed by atoms with Gasteiger partial charge in [-0.3, -0.25) is 9.89 Å². The lowest BCUT2D eigenvalue weighted by molar-refractivity contribution is 0.101. The van der Waals surface area contributed by atoms with Crippen LogP contribution in [0.25, 0.3) is 17.1 Å². The van der Waals surface area contributed by atoms with E-state index in [0.717, 1.165) is 29.8 Å². The summed E-state index contributed by atoms with van der Waals surface area (Å²) in [6.07, 6.45) is 12.0.